The van der Waals surface area contributed by atoms with E-state index in [0.29, 0.717) is 19.0 Å². The van der Waals surface area contributed by atoms with Gasteiger partial charge >= 0.3 is 0 Å². The number of hydrogen-bond donors (Lipinski definition) is 3. The van der Waals surface area contributed by atoms with Gasteiger partial charge in [0.05, 0.1) is 13.2 Å². The van der Waals surface area contributed by atoms with Gasteiger partial charge in [0, 0.05) is 25.6 Å². The highest BCUT2D eigenvalue weighted by Gasteiger charge is 2.10. The zero-order chi connectivity index (χ0) is 18.1. The van der Waals surface area contributed by atoms with Crippen LogP contribution in [0.4, 0.5) is 0 Å². The van der Waals surface area contributed by atoms with E-state index in [-0.39, 0.29) is 24.0 Å². The number of halogens is 1. The summed E-state index contributed by atoms with van der Waals surface area (Å²) in [6, 6.07) is 9.57. The first-order valence-electron chi connectivity index (χ1n) is 8.50. The molecule has 0 radical (unpaired) electrons. The van der Waals surface area contributed by atoms with Crippen LogP contribution >= 0.6 is 35.3 Å². The second kappa shape index (κ2) is 12.1. The lowest BCUT2D eigenvalue weighted by molar-refractivity contribution is 0.180. The fourth-order valence-corrected chi connectivity index (χ4v) is 3.15. The molecule has 0 saturated heterocycles. The Labute approximate surface area is 176 Å². The predicted octanol–water partition coefficient (Wildman–Crippen LogP) is 3.77. The van der Waals surface area contributed by atoms with Crippen LogP contribution in [0, 0.1) is 0 Å². The number of aliphatic hydroxyl groups is 1. The molecule has 5 nitrogen and oxygen atoms in total. The van der Waals surface area contributed by atoms with Crippen molar-refractivity contribution in [1.29, 1.82) is 0 Å². The fraction of sp³-hybridized carbons (Fsp3) is 0.421. The Hall–Kier alpha value is -1.32. The number of aliphatic imine (C=N–C) groups is 1. The highest BCUT2D eigenvalue weighted by atomic mass is 127. The van der Waals surface area contributed by atoms with Gasteiger partial charge in [0.25, 0.3) is 0 Å². The number of rotatable bonds is 8. The molecule has 2 unspecified atom stereocenters. The normalized spacial score (nSPS) is 13.5. The van der Waals surface area contributed by atoms with E-state index in [1.165, 1.54) is 5.56 Å². The molecule has 2 aromatic rings. The van der Waals surface area contributed by atoms with E-state index < -0.39 is 6.10 Å². The smallest absolute Gasteiger partial charge is 0.191 e. The number of methoxy groups -OCH3 is 1. The van der Waals surface area contributed by atoms with Crippen LogP contribution in [0.1, 0.15) is 37.0 Å². The highest BCUT2D eigenvalue weighted by Crippen LogP contribution is 2.18. The van der Waals surface area contributed by atoms with Crippen molar-refractivity contribution in [3.8, 4) is 5.75 Å². The zero-order valence-corrected chi connectivity index (χ0v) is 18.6. The largest absolute Gasteiger partial charge is 0.497 e. The maximum Gasteiger partial charge on any atom is 0.191 e. The average Bonchev–Trinajstić information content (AvgIpc) is 3.18. The Morgan fingerprint density at radius 1 is 1.19 bits per heavy atom. The number of ether oxygens (including phenoxy) is 1. The van der Waals surface area contributed by atoms with E-state index in [9.17, 15) is 5.11 Å². The SMILES string of the molecule is CCNC(=NCC(C)c1ccsc1)NCC(O)c1ccc(OC)cc1.I. The second-order valence-electron chi connectivity index (χ2n) is 5.85. The molecule has 0 saturated carbocycles. The van der Waals surface area contributed by atoms with Crippen LogP contribution in [-0.4, -0.2) is 37.8 Å². The van der Waals surface area contributed by atoms with Gasteiger partial charge in [0.15, 0.2) is 5.96 Å². The number of benzene rings is 1. The van der Waals surface area contributed by atoms with Crippen LogP contribution in [0.2, 0.25) is 0 Å². The Kier molecular flexibility index (Phi) is 10.6. The minimum Gasteiger partial charge on any atom is -0.497 e. The minimum atomic E-state index is -0.607. The number of thiophene rings is 1. The van der Waals surface area contributed by atoms with E-state index in [0.717, 1.165) is 23.8 Å². The summed E-state index contributed by atoms with van der Waals surface area (Å²) >= 11 is 1.71. The number of aliphatic hydroxyl groups excluding tert-OH is 1. The third-order valence-corrected chi connectivity index (χ3v) is 4.64. The molecule has 1 aromatic heterocycles. The number of guanidine groups is 1. The Bertz CT molecular complexity index is 647. The number of nitrogens with one attached hydrogen (secondary N) is 2. The monoisotopic (exact) mass is 489 g/mol. The quantitative estimate of drug-likeness (QED) is 0.300. The van der Waals surface area contributed by atoms with Crippen LogP contribution in [0.15, 0.2) is 46.1 Å². The summed E-state index contributed by atoms with van der Waals surface area (Å²) in [6.07, 6.45) is -0.607. The van der Waals surface area contributed by atoms with Crippen molar-refractivity contribution in [3.05, 3.63) is 52.2 Å². The van der Waals surface area contributed by atoms with Crippen LogP contribution in [-0.2, 0) is 0 Å². The molecule has 2 atom stereocenters. The van der Waals surface area contributed by atoms with Gasteiger partial charge in [-0.2, -0.15) is 11.3 Å². The van der Waals surface area contributed by atoms with Crippen molar-refractivity contribution in [2.45, 2.75) is 25.9 Å². The van der Waals surface area contributed by atoms with Crippen molar-refractivity contribution in [3.63, 3.8) is 0 Å². The molecule has 1 aromatic carbocycles. The first kappa shape index (κ1) is 22.7. The molecule has 1 heterocycles. The van der Waals surface area contributed by atoms with Crippen LogP contribution in [0.25, 0.3) is 0 Å². The highest BCUT2D eigenvalue weighted by molar-refractivity contribution is 14.0. The lowest BCUT2D eigenvalue weighted by Crippen LogP contribution is -2.39. The molecule has 0 aliphatic rings. The van der Waals surface area contributed by atoms with Crippen molar-refractivity contribution >= 4 is 41.3 Å². The molecule has 0 aliphatic carbocycles. The molecule has 26 heavy (non-hydrogen) atoms. The van der Waals surface area contributed by atoms with Gasteiger partial charge in [-0.1, -0.05) is 19.1 Å². The third kappa shape index (κ3) is 7.13. The van der Waals surface area contributed by atoms with Crippen molar-refractivity contribution in [1.82, 2.24) is 10.6 Å². The predicted molar refractivity (Wildman–Crippen MR) is 120 cm³/mol. The molecule has 3 N–H and O–H groups in total. The average molecular weight is 489 g/mol. The van der Waals surface area contributed by atoms with Gasteiger partial charge in [-0.05, 0) is 47.0 Å². The molecule has 0 amide bonds. The second-order valence-corrected chi connectivity index (χ2v) is 6.63. The Morgan fingerprint density at radius 2 is 1.92 bits per heavy atom. The summed E-state index contributed by atoms with van der Waals surface area (Å²) in [6.45, 7) is 6.06. The van der Waals surface area contributed by atoms with Gasteiger partial charge in [0.2, 0.25) is 0 Å². The molecule has 2 rings (SSSR count). The van der Waals surface area contributed by atoms with E-state index in [4.69, 9.17) is 4.74 Å². The fourth-order valence-electron chi connectivity index (χ4n) is 2.37. The molecule has 0 fully saturated rings. The zero-order valence-electron chi connectivity index (χ0n) is 15.4. The maximum atomic E-state index is 10.3. The first-order chi connectivity index (χ1) is 12.1. The molecule has 0 spiro atoms. The molecular weight excluding hydrogens is 461 g/mol. The summed E-state index contributed by atoms with van der Waals surface area (Å²) in [5, 5.41) is 21.0. The maximum absolute atomic E-state index is 10.3. The summed E-state index contributed by atoms with van der Waals surface area (Å²) in [7, 11) is 1.63. The summed E-state index contributed by atoms with van der Waals surface area (Å²) in [5.74, 6) is 1.87. The lowest BCUT2D eigenvalue weighted by Gasteiger charge is -2.16. The van der Waals surface area contributed by atoms with Crippen molar-refractivity contribution < 1.29 is 9.84 Å². The van der Waals surface area contributed by atoms with Gasteiger partial charge in [0.1, 0.15) is 5.75 Å². The van der Waals surface area contributed by atoms with Gasteiger partial charge in [-0.15, -0.1) is 24.0 Å². The molecule has 0 bridgehead atoms. The number of hydrogen-bond acceptors (Lipinski definition) is 4. The lowest BCUT2D eigenvalue weighted by atomic mass is 10.1. The first-order valence-corrected chi connectivity index (χ1v) is 9.44. The van der Waals surface area contributed by atoms with Crippen molar-refractivity contribution in [2.24, 2.45) is 4.99 Å². The Morgan fingerprint density at radius 3 is 2.50 bits per heavy atom. The number of nitrogens with zero attached hydrogens (tertiary/aromatic N) is 1. The van der Waals surface area contributed by atoms with Crippen LogP contribution < -0.4 is 15.4 Å². The molecular formula is C19H28IN3O2S. The summed E-state index contributed by atoms with van der Waals surface area (Å²) in [4.78, 5) is 4.63. The van der Waals surface area contributed by atoms with Crippen molar-refractivity contribution in [2.75, 3.05) is 26.7 Å². The van der Waals surface area contributed by atoms with Gasteiger partial charge < -0.3 is 20.5 Å². The van der Waals surface area contributed by atoms with E-state index in [1.807, 2.05) is 31.2 Å². The summed E-state index contributed by atoms with van der Waals surface area (Å²) in [5.41, 5.74) is 2.15. The minimum absolute atomic E-state index is 0. The van der Waals surface area contributed by atoms with E-state index in [1.54, 1.807) is 18.4 Å². The standard InChI is InChI=1S/C19H27N3O2S.HI/c1-4-20-19(21-11-14(2)16-9-10-25-13-16)22-12-18(23)15-5-7-17(24-3)8-6-15;/h5-10,13-14,18,23H,4,11-12H2,1-3H3,(H2,20,21,22);1H. The van der Waals surface area contributed by atoms with Crippen LogP contribution in [0.5, 0.6) is 5.75 Å². The Balaban J connectivity index is 0.00000338. The van der Waals surface area contributed by atoms with Crippen LogP contribution in [0.3, 0.4) is 0 Å². The third-order valence-electron chi connectivity index (χ3n) is 3.94. The van der Waals surface area contributed by atoms with E-state index >= 15 is 0 Å². The molecule has 0 aliphatic heterocycles. The molecule has 7 heteroatoms. The molecule has 144 valence electrons. The van der Waals surface area contributed by atoms with E-state index in [2.05, 4.69) is 39.4 Å². The van der Waals surface area contributed by atoms with Gasteiger partial charge in [-0.25, -0.2) is 0 Å². The van der Waals surface area contributed by atoms with Gasteiger partial charge in [-0.3, -0.25) is 4.99 Å². The topological polar surface area (TPSA) is 65.9 Å². The summed E-state index contributed by atoms with van der Waals surface area (Å²) < 4.78 is 5.14.